The van der Waals surface area contributed by atoms with Gasteiger partial charge >= 0.3 is 0 Å². The van der Waals surface area contributed by atoms with Gasteiger partial charge in [-0.1, -0.05) is 20.8 Å². The molecular formula is C8H16N2O. The molecule has 3 heteroatoms. The van der Waals surface area contributed by atoms with Gasteiger partial charge in [0.05, 0.1) is 13.2 Å². The van der Waals surface area contributed by atoms with Crippen LogP contribution in [0.15, 0.2) is 0 Å². The van der Waals surface area contributed by atoms with E-state index < -0.39 is 0 Å². The van der Waals surface area contributed by atoms with Crippen LogP contribution >= 0.6 is 0 Å². The highest BCUT2D eigenvalue weighted by Gasteiger charge is 2.15. The van der Waals surface area contributed by atoms with Crippen molar-refractivity contribution in [3.05, 3.63) is 0 Å². The second kappa shape index (κ2) is 4.32. The molecule has 0 amide bonds. The van der Waals surface area contributed by atoms with E-state index in [0.717, 1.165) is 6.54 Å². The van der Waals surface area contributed by atoms with Crippen molar-refractivity contribution in [2.24, 2.45) is 5.41 Å². The van der Waals surface area contributed by atoms with Crippen molar-refractivity contribution >= 4 is 0 Å². The molecule has 0 radical (unpaired) electrons. The summed E-state index contributed by atoms with van der Waals surface area (Å²) in [6, 6.07) is 2.04. The Morgan fingerprint density at radius 1 is 1.45 bits per heavy atom. The molecule has 0 aromatic carbocycles. The van der Waals surface area contributed by atoms with E-state index in [2.05, 4.69) is 20.8 Å². The van der Waals surface area contributed by atoms with Crippen molar-refractivity contribution in [3.8, 4) is 6.07 Å². The van der Waals surface area contributed by atoms with Crippen LogP contribution < -0.4 is 0 Å². The Labute approximate surface area is 68.5 Å². The van der Waals surface area contributed by atoms with Crippen LogP contribution in [0, 0.1) is 16.7 Å². The number of hydrogen-bond donors (Lipinski definition) is 0. The topological polar surface area (TPSA) is 36.3 Å². The van der Waals surface area contributed by atoms with Gasteiger partial charge in [0.1, 0.15) is 6.54 Å². The monoisotopic (exact) mass is 156 g/mol. The lowest BCUT2D eigenvalue weighted by Crippen LogP contribution is -2.32. The van der Waals surface area contributed by atoms with Crippen LogP contribution in [-0.2, 0) is 4.84 Å². The lowest BCUT2D eigenvalue weighted by Gasteiger charge is -2.25. The van der Waals surface area contributed by atoms with Crippen LogP contribution in [0.3, 0.4) is 0 Å². The molecule has 0 spiro atoms. The van der Waals surface area contributed by atoms with Crippen LogP contribution in [0.4, 0.5) is 0 Å². The third-order valence-electron chi connectivity index (χ3n) is 1.16. The van der Waals surface area contributed by atoms with Crippen LogP contribution in [0.25, 0.3) is 0 Å². The lowest BCUT2D eigenvalue weighted by atomic mass is 9.97. The highest BCUT2D eigenvalue weighted by molar-refractivity contribution is 4.75. The van der Waals surface area contributed by atoms with E-state index in [-0.39, 0.29) is 5.41 Å². The first-order chi connectivity index (χ1) is 4.99. The van der Waals surface area contributed by atoms with Crippen molar-refractivity contribution < 1.29 is 4.84 Å². The van der Waals surface area contributed by atoms with Gasteiger partial charge in [0, 0.05) is 6.54 Å². The minimum atomic E-state index is 0.173. The zero-order chi connectivity index (χ0) is 8.91. The molecule has 64 valence electrons. The maximum atomic E-state index is 8.39. The minimum Gasteiger partial charge on any atom is -0.301 e. The van der Waals surface area contributed by atoms with Crippen LogP contribution in [-0.4, -0.2) is 25.3 Å². The number of hydrogen-bond acceptors (Lipinski definition) is 3. The van der Waals surface area contributed by atoms with E-state index in [1.54, 1.807) is 12.2 Å². The fourth-order valence-electron chi connectivity index (χ4n) is 0.793. The molecule has 0 heterocycles. The third kappa shape index (κ3) is 5.84. The Bertz CT molecular complexity index is 143. The highest BCUT2D eigenvalue weighted by atomic mass is 16.7. The molecular weight excluding hydrogens is 140 g/mol. The third-order valence-corrected chi connectivity index (χ3v) is 1.16. The second-order valence-corrected chi connectivity index (χ2v) is 3.70. The predicted molar refractivity (Wildman–Crippen MR) is 43.7 cm³/mol. The molecule has 0 unspecified atom stereocenters. The van der Waals surface area contributed by atoms with E-state index in [9.17, 15) is 0 Å². The van der Waals surface area contributed by atoms with Gasteiger partial charge in [0.2, 0.25) is 0 Å². The Kier molecular flexibility index (Phi) is 4.09. The Morgan fingerprint density at radius 3 is 2.27 bits per heavy atom. The number of hydroxylamine groups is 2. The molecule has 0 fully saturated rings. The largest absolute Gasteiger partial charge is 0.301 e. The maximum absolute atomic E-state index is 8.39. The molecule has 3 nitrogen and oxygen atoms in total. The van der Waals surface area contributed by atoms with Gasteiger partial charge in [-0.3, -0.25) is 0 Å². The summed E-state index contributed by atoms with van der Waals surface area (Å²) in [5, 5.41) is 10.0. The maximum Gasteiger partial charge on any atom is 0.111 e. The summed E-state index contributed by atoms with van der Waals surface area (Å²) in [5.41, 5.74) is 0.173. The average Bonchev–Trinajstić information content (AvgIpc) is 1.84. The molecule has 0 N–H and O–H groups in total. The van der Waals surface area contributed by atoms with Crippen LogP contribution in [0.5, 0.6) is 0 Å². The lowest BCUT2D eigenvalue weighted by molar-refractivity contribution is -0.137. The first-order valence-corrected chi connectivity index (χ1v) is 3.65. The van der Waals surface area contributed by atoms with Gasteiger partial charge in [-0.25, -0.2) is 0 Å². The molecule has 0 saturated carbocycles. The Morgan fingerprint density at radius 2 is 2.00 bits per heavy atom. The Balaban J connectivity index is 3.80. The van der Waals surface area contributed by atoms with Gasteiger partial charge in [-0.2, -0.15) is 10.3 Å². The smallest absolute Gasteiger partial charge is 0.111 e. The molecule has 0 aliphatic carbocycles. The van der Waals surface area contributed by atoms with Gasteiger partial charge in [-0.15, -0.1) is 0 Å². The highest BCUT2D eigenvalue weighted by Crippen LogP contribution is 2.14. The summed E-state index contributed by atoms with van der Waals surface area (Å²) in [6.07, 6.45) is 0. The molecule has 0 aliphatic rings. The summed E-state index contributed by atoms with van der Waals surface area (Å²) >= 11 is 0. The molecule has 0 rings (SSSR count). The fourth-order valence-corrected chi connectivity index (χ4v) is 0.793. The summed E-state index contributed by atoms with van der Waals surface area (Å²) in [6.45, 7) is 7.42. The standard InChI is InChI=1S/C8H16N2O/c1-8(2,3)7-10(11-4)6-5-9/h6-7H2,1-4H3. The average molecular weight is 156 g/mol. The molecule has 0 aliphatic heterocycles. The van der Waals surface area contributed by atoms with Gasteiger partial charge in [-0.05, 0) is 5.41 Å². The second-order valence-electron chi connectivity index (χ2n) is 3.70. The van der Waals surface area contributed by atoms with Crippen molar-refractivity contribution in [1.82, 2.24) is 5.06 Å². The van der Waals surface area contributed by atoms with Crippen LogP contribution in [0.1, 0.15) is 20.8 Å². The minimum absolute atomic E-state index is 0.173. The zero-order valence-corrected chi connectivity index (χ0v) is 7.72. The first-order valence-electron chi connectivity index (χ1n) is 3.65. The molecule has 0 aromatic rings. The first kappa shape index (κ1) is 10.4. The molecule has 0 aromatic heterocycles. The Hall–Kier alpha value is -0.590. The normalized spacial score (nSPS) is 11.6. The van der Waals surface area contributed by atoms with Gasteiger partial charge < -0.3 is 4.84 Å². The molecule has 11 heavy (non-hydrogen) atoms. The van der Waals surface area contributed by atoms with Gasteiger partial charge in [0.25, 0.3) is 0 Å². The summed E-state index contributed by atoms with van der Waals surface area (Å²) in [5.74, 6) is 0. The van der Waals surface area contributed by atoms with E-state index in [0.29, 0.717) is 6.54 Å². The van der Waals surface area contributed by atoms with Crippen LogP contribution in [0.2, 0.25) is 0 Å². The predicted octanol–water partition coefficient (Wildman–Crippen LogP) is 1.42. The summed E-state index contributed by atoms with van der Waals surface area (Å²) < 4.78 is 0. The van der Waals surface area contributed by atoms with Crippen molar-refractivity contribution in [1.29, 1.82) is 5.26 Å². The molecule has 0 saturated heterocycles. The zero-order valence-electron chi connectivity index (χ0n) is 7.72. The number of nitrogens with zero attached hydrogens (tertiary/aromatic N) is 2. The fraction of sp³-hybridized carbons (Fsp3) is 0.875. The van der Waals surface area contributed by atoms with E-state index >= 15 is 0 Å². The summed E-state index contributed by atoms with van der Waals surface area (Å²) in [7, 11) is 1.59. The quantitative estimate of drug-likeness (QED) is 0.458. The number of nitriles is 1. The van der Waals surface area contributed by atoms with Crippen molar-refractivity contribution in [2.45, 2.75) is 20.8 Å². The van der Waals surface area contributed by atoms with Crippen molar-refractivity contribution in [3.63, 3.8) is 0 Å². The van der Waals surface area contributed by atoms with Crippen molar-refractivity contribution in [2.75, 3.05) is 20.2 Å². The number of rotatable bonds is 3. The SMILES string of the molecule is CON(CC#N)CC(C)(C)C. The van der Waals surface area contributed by atoms with E-state index in [1.807, 2.05) is 6.07 Å². The van der Waals surface area contributed by atoms with E-state index in [4.69, 9.17) is 10.1 Å². The molecule has 0 bridgehead atoms. The summed E-state index contributed by atoms with van der Waals surface area (Å²) in [4.78, 5) is 4.98. The molecule has 0 atom stereocenters. The van der Waals surface area contributed by atoms with Gasteiger partial charge in [0.15, 0.2) is 0 Å². The van der Waals surface area contributed by atoms with E-state index in [1.165, 1.54) is 0 Å².